The fourth-order valence-electron chi connectivity index (χ4n) is 4.21. The summed E-state index contributed by atoms with van der Waals surface area (Å²) >= 11 is 0. The Morgan fingerprint density at radius 1 is 1.07 bits per heavy atom. The minimum atomic E-state index is -0.453. The van der Waals surface area contributed by atoms with Crippen LogP contribution in [0.15, 0.2) is 17.2 Å². The van der Waals surface area contributed by atoms with E-state index in [0.717, 1.165) is 38.5 Å². The Kier molecular flexibility index (Phi) is 6.02. The summed E-state index contributed by atoms with van der Waals surface area (Å²) < 4.78 is 1.93. The Labute approximate surface area is 160 Å². The molecule has 0 aromatic carbocycles. The van der Waals surface area contributed by atoms with Gasteiger partial charge in [-0.25, -0.2) is 0 Å². The molecule has 0 bridgehead atoms. The number of pyridine rings is 1. The van der Waals surface area contributed by atoms with E-state index in [2.05, 4.69) is 12.2 Å². The van der Waals surface area contributed by atoms with E-state index in [1.807, 2.05) is 18.4 Å². The van der Waals surface area contributed by atoms with Crippen LogP contribution in [0.2, 0.25) is 0 Å². The maximum absolute atomic E-state index is 13.1. The lowest BCUT2D eigenvalue weighted by molar-refractivity contribution is 0.0680. The van der Waals surface area contributed by atoms with Crippen LogP contribution in [0.1, 0.15) is 86.1 Å². The first-order valence-corrected chi connectivity index (χ1v) is 10.2. The molecule has 2 heterocycles. The number of aromatic nitrogens is 1. The van der Waals surface area contributed by atoms with Gasteiger partial charge in [0, 0.05) is 37.6 Å². The summed E-state index contributed by atoms with van der Waals surface area (Å²) in [7, 11) is 0. The first-order valence-electron chi connectivity index (χ1n) is 10.2. The number of amides is 2. The SMILES string of the molecule is CC1CCCN(C(=O)c2cn(C3CCCC3)cc(C(=O)NC(C)C)c2=O)C1. The van der Waals surface area contributed by atoms with Gasteiger partial charge in [-0.1, -0.05) is 19.8 Å². The van der Waals surface area contributed by atoms with E-state index >= 15 is 0 Å². The molecule has 6 nitrogen and oxygen atoms in total. The summed E-state index contributed by atoms with van der Waals surface area (Å²) in [6.45, 7) is 7.19. The topological polar surface area (TPSA) is 71.4 Å². The highest BCUT2D eigenvalue weighted by Crippen LogP contribution is 2.29. The number of nitrogens with one attached hydrogen (secondary N) is 1. The van der Waals surface area contributed by atoms with Gasteiger partial charge in [-0.3, -0.25) is 14.4 Å². The Morgan fingerprint density at radius 3 is 2.37 bits per heavy atom. The number of nitrogens with zero attached hydrogens (tertiary/aromatic N) is 2. The van der Waals surface area contributed by atoms with Crippen LogP contribution in [0, 0.1) is 5.92 Å². The Balaban J connectivity index is 2.00. The summed E-state index contributed by atoms with van der Waals surface area (Å²) in [5.74, 6) is -0.201. The van der Waals surface area contributed by atoms with Crippen LogP contribution < -0.4 is 10.7 Å². The lowest BCUT2D eigenvalue weighted by atomic mass is 9.99. The average Bonchev–Trinajstić information content (AvgIpc) is 3.15. The van der Waals surface area contributed by atoms with Crippen molar-refractivity contribution in [2.45, 2.75) is 71.4 Å². The molecule has 2 aliphatic rings. The van der Waals surface area contributed by atoms with Gasteiger partial charge in [0.15, 0.2) is 0 Å². The molecule has 1 aromatic heterocycles. The molecule has 1 atom stereocenters. The van der Waals surface area contributed by atoms with Crippen molar-refractivity contribution in [1.82, 2.24) is 14.8 Å². The lowest BCUT2D eigenvalue weighted by Crippen LogP contribution is -2.42. The van der Waals surface area contributed by atoms with Crippen LogP contribution in [0.4, 0.5) is 0 Å². The van der Waals surface area contributed by atoms with Gasteiger partial charge < -0.3 is 14.8 Å². The predicted octanol–water partition coefficient (Wildman–Crippen LogP) is 2.97. The molecule has 2 amide bonds. The van der Waals surface area contributed by atoms with Crippen molar-refractivity contribution in [3.63, 3.8) is 0 Å². The molecule has 6 heteroatoms. The number of likely N-dealkylation sites (tertiary alicyclic amines) is 1. The fourth-order valence-corrected chi connectivity index (χ4v) is 4.21. The van der Waals surface area contributed by atoms with Crippen LogP contribution >= 0.6 is 0 Å². The zero-order valence-electron chi connectivity index (χ0n) is 16.7. The molecule has 1 N–H and O–H groups in total. The smallest absolute Gasteiger partial charge is 0.259 e. The molecule has 0 spiro atoms. The van der Waals surface area contributed by atoms with Gasteiger partial charge in [-0.05, 0) is 45.4 Å². The van der Waals surface area contributed by atoms with Crippen molar-refractivity contribution in [2.24, 2.45) is 5.92 Å². The second-order valence-corrected chi connectivity index (χ2v) is 8.43. The van der Waals surface area contributed by atoms with E-state index in [9.17, 15) is 14.4 Å². The molecule has 1 saturated heterocycles. The molecular weight excluding hydrogens is 342 g/mol. The van der Waals surface area contributed by atoms with Crippen LogP contribution in [-0.4, -0.2) is 40.4 Å². The summed E-state index contributed by atoms with van der Waals surface area (Å²) in [6.07, 6.45) is 9.70. The molecule has 1 unspecified atom stereocenters. The largest absolute Gasteiger partial charge is 0.350 e. The van der Waals surface area contributed by atoms with Crippen LogP contribution in [0.25, 0.3) is 0 Å². The van der Waals surface area contributed by atoms with E-state index in [1.165, 1.54) is 0 Å². The van der Waals surface area contributed by atoms with Crippen LogP contribution in [0.5, 0.6) is 0 Å². The van der Waals surface area contributed by atoms with Crippen molar-refractivity contribution in [3.8, 4) is 0 Å². The van der Waals surface area contributed by atoms with Crippen molar-refractivity contribution < 1.29 is 9.59 Å². The quantitative estimate of drug-likeness (QED) is 0.882. The summed E-state index contributed by atoms with van der Waals surface area (Å²) in [6, 6.07) is 0.183. The molecule has 1 aliphatic heterocycles. The molecule has 27 heavy (non-hydrogen) atoms. The Bertz CT molecular complexity index is 762. The van der Waals surface area contributed by atoms with Crippen molar-refractivity contribution >= 4 is 11.8 Å². The molecular formula is C21H31N3O3. The van der Waals surface area contributed by atoms with Gasteiger partial charge >= 0.3 is 0 Å². The number of carbonyl (C=O) groups excluding carboxylic acids is 2. The van der Waals surface area contributed by atoms with Gasteiger partial charge in [-0.2, -0.15) is 0 Å². The molecule has 148 valence electrons. The molecule has 0 radical (unpaired) electrons. The number of piperidine rings is 1. The van der Waals surface area contributed by atoms with Gasteiger partial charge in [-0.15, -0.1) is 0 Å². The average molecular weight is 373 g/mol. The third-order valence-electron chi connectivity index (χ3n) is 5.63. The highest BCUT2D eigenvalue weighted by Gasteiger charge is 2.28. The lowest BCUT2D eigenvalue weighted by Gasteiger charge is -2.31. The molecule has 1 aromatic rings. The zero-order valence-corrected chi connectivity index (χ0v) is 16.7. The maximum atomic E-state index is 13.1. The van der Waals surface area contributed by atoms with Gasteiger partial charge in [0.25, 0.3) is 11.8 Å². The van der Waals surface area contributed by atoms with Crippen molar-refractivity contribution in [2.75, 3.05) is 13.1 Å². The van der Waals surface area contributed by atoms with Gasteiger partial charge in [0.1, 0.15) is 11.1 Å². The van der Waals surface area contributed by atoms with Gasteiger partial charge in [0.05, 0.1) is 0 Å². The number of carbonyl (C=O) groups is 2. The fraction of sp³-hybridized carbons (Fsp3) is 0.667. The Hall–Kier alpha value is -2.11. The third kappa shape index (κ3) is 4.42. The highest BCUT2D eigenvalue weighted by atomic mass is 16.2. The van der Waals surface area contributed by atoms with E-state index in [-0.39, 0.29) is 29.1 Å². The van der Waals surface area contributed by atoms with Crippen LogP contribution in [0.3, 0.4) is 0 Å². The number of hydrogen-bond acceptors (Lipinski definition) is 3. The third-order valence-corrected chi connectivity index (χ3v) is 5.63. The second-order valence-electron chi connectivity index (χ2n) is 8.43. The summed E-state index contributed by atoms with van der Waals surface area (Å²) in [4.78, 5) is 40.5. The van der Waals surface area contributed by atoms with E-state index in [0.29, 0.717) is 19.0 Å². The predicted molar refractivity (Wildman–Crippen MR) is 105 cm³/mol. The second kappa shape index (κ2) is 8.28. The highest BCUT2D eigenvalue weighted by molar-refractivity contribution is 5.99. The van der Waals surface area contributed by atoms with E-state index < -0.39 is 11.3 Å². The van der Waals surface area contributed by atoms with Crippen molar-refractivity contribution in [3.05, 3.63) is 33.7 Å². The van der Waals surface area contributed by atoms with Crippen molar-refractivity contribution in [1.29, 1.82) is 0 Å². The summed E-state index contributed by atoms with van der Waals surface area (Å²) in [5, 5.41) is 2.79. The Morgan fingerprint density at radius 2 is 1.74 bits per heavy atom. The molecule has 1 aliphatic carbocycles. The summed E-state index contributed by atoms with van der Waals surface area (Å²) in [5.41, 5.74) is -0.246. The number of rotatable bonds is 4. The molecule has 2 fully saturated rings. The first kappa shape index (κ1) is 19.6. The normalized spacial score (nSPS) is 20.9. The van der Waals surface area contributed by atoms with Crippen LogP contribution in [-0.2, 0) is 0 Å². The molecule has 1 saturated carbocycles. The van der Waals surface area contributed by atoms with Gasteiger partial charge in [0.2, 0.25) is 5.43 Å². The zero-order chi connectivity index (χ0) is 19.6. The number of hydrogen-bond donors (Lipinski definition) is 1. The maximum Gasteiger partial charge on any atom is 0.259 e. The first-order chi connectivity index (χ1) is 12.9. The molecule has 3 rings (SSSR count). The van der Waals surface area contributed by atoms with E-state index in [1.54, 1.807) is 17.3 Å². The minimum absolute atomic E-state index is 0.0702. The monoisotopic (exact) mass is 373 g/mol. The minimum Gasteiger partial charge on any atom is -0.350 e. The standard InChI is InChI=1S/C21H31N3O3/c1-14(2)22-20(26)17-12-24(16-8-4-5-9-16)13-18(19(17)25)21(27)23-10-6-7-15(3)11-23/h12-16H,4-11H2,1-3H3,(H,22,26). The van der Waals surface area contributed by atoms with E-state index in [4.69, 9.17) is 0 Å².